The average molecular weight is 396 g/mol. The summed E-state index contributed by atoms with van der Waals surface area (Å²) in [6.07, 6.45) is 0. The molecule has 0 aromatic heterocycles. The van der Waals surface area contributed by atoms with Crippen molar-refractivity contribution in [1.29, 1.82) is 0 Å². The number of benzene rings is 2. The van der Waals surface area contributed by atoms with E-state index in [-0.39, 0.29) is 0 Å². The molecule has 1 aliphatic heterocycles. The first-order valence-electron chi connectivity index (χ1n) is 7.97. The molecule has 0 bridgehead atoms. The fraction of sp³-hybridized carbons (Fsp3) is 0.278. The van der Waals surface area contributed by atoms with E-state index in [0.29, 0.717) is 15.2 Å². The molecule has 2 aromatic carbocycles. The SMILES string of the molecule is COc1cccc(N2CCN(C(=S)Nc3cccc(Cl)c3Cl)CC2)c1. The lowest BCUT2D eigenvalue weighted by Crippen LogP contribution is -2.50. The second-order valence-electron chi connectivity index (χ2n) is 5.71. The molecule has 3 rings (SSSR count). The molecule has 0 aliphatic carbocycles. The number of hydrogen-bond acceptors (Lipinski definition) is 3. The van der Waals surface area contributed by atoms with E-state index in [2.05, 4.69) is 27.2 Å². The number of thiocarbonyl (C=S) groups is 1. The first-order valence-corrected chi connectivity index (χ1v) is 9.14. The maximum atomic E-state index is 6.22. The highest BCUT2D eigenvalue weighted by atomic mass is 35.5. The van der Waals surface area contributed by atoms with E-state index in [4.69, 9.17) is 40.2 Å². The van der Waals surface area contributed by atoms with Crippen molar-refractivity contribution in [2.24, 2.45) is 0 Å². The molecule has 0 spiro atoms. The van der Waals surface area contributed by atoms with E-state index in [9.17, 15) is 0 Å². The topological polar surface area (TPSA) is 27.7 Å². The first-order chi connectivity index (χ1) is 12.1. The van der Waals surface area contributed by atoms with Crippen molar-refractivity contribution in [2.75, 3.05) is 43.5 Å². The van der Waals surface area contributed by atoms with Crippen LogP contribution < -0.4 is 15.0 Å². The highest BCUT2D eigenvalue weighted by molar-refractivity contribution is 7.80. The molecule has 1 saturated heterocycles. The van der Waals surface area contributed by atoms with E-state index < -0.39 is 0 Å². The molecule has 1 heterocycles. The third kappa shape index (κ3) is 4.29. The minimum Gasteiger partial charge on any atom is -0.497 e. The number of nitrogens with one attached hydrogen (secondary N) is 1. The Labute approximate surface area is 163 Å². The Hall–Kier alpha value is -1.69. The Morgan fingerprint density at radius 3 is 2.52 bits per heavy atom. The van der Waals surface area contributed by atoms with Crippen LogP contribution in [0, 0.1) is 0 Å². The molecule has 0 atom stereocenters. The summed E-state index contributed by atoms with van der Waals surface area (Å²) in [4.78, 5) is 4.47. The number of piperazine rings is 1. The highest BCUT2D eigenvalue weighted by Gasteiger charge is 2.20. The summed E-state index contributed by atoms with van der Waals surface area (Å²) in [7, 11) is 1.68. The Morgan fingerprint density at radius 2 is 1.80 bits per heavy atom. The number of anilines is 2. The van der Waals surface area contributed by atoms with Gasteiger partial charge in [0.25, 0.3) is 0 Å². The van der Waals surface area contributed by atoms with Gasteiger partial charge in [0.15, 0.2) is 5.11 Å². The van der Waals surface area contributed by atoms with E-state index in [1.807, 2.05) is 24.3 Å². The largest absolute Gasteiger partial charge is 0.497 e. The number of nitrogens with zero attached hydrogens (tertiary/aromatic N) is 2. The van der Waals surface area contributed by atoms with Crippen molar-refractivity contribution < 1.29 is 4.74 Å². The van der Waals surface area contributed by atoms with E-state index in [0.717, 1.165) is 43.3 Å². The summed E-state index contributed by atoms with van der Waals surface area (Å²) >= 11 is 17.8. The predicted molar refractivity (Wildman–Crippen MR) is 109 cm³/mol. The number of rotatable bonds is 3. The number of methoxy groups -OCH3 is 1. The van der Waals surface area contributed by atoms with Gasteiger partial charge in [-0.25, -0.2) is 0 Å². The number of ether oxygens (including phenoxy) is 1. The minimum absolute atomic E-state index is 0.488. The summed E-state index contributed by atoms with van der Waals surface area (Å²) in [5.41, 5.74) is 1.89. The summed E-state index contributed by atoms with van der Waals surface area (Å²) in [5.74, 6) is 0.868. The normalized spacial score (nSPS) is 14.4. The van der Waals surface area contributed by atoms with Crippen molar-refractivity contribution >= 4 is 51.9 Å². The molecule has 1 fully saturated rings. The van der Waals surface area contributed by atoms with Gasteiger partial charge >= 0.3 is 0 Å². The molecule has 0 unspecified atom stereocenters. The molecule has 2 aromatic rings. The zero-order valence-electron chi connectivity index (χ0n) is 13.8. The smallest absolute Gasteiger partial charge is 0.173 e. The molecule has 1 aliphatic rings. The number of halogens is 2. The zero-order chi connectivity index (χ0) is 17.8. The van der Waals surface area contributed by atoms with Crippen molar-refractivity contribution in [1.82, 2.24) is 4.90 Å². The lowest BCUT2D eigenvalue weighted by Gasteiger charge is -2.37. The van der Waals surface area contributed by atoms with E-state index >= 15 is 0 Å². The standard InChI is InChI=1S/C18H19Cl2N3OS/c1-24-14-5-2-4-13(12-14)22-8-10-23(11-9-22)18(25)21-16-7-3-6-15(19)17(16)20/h2-7,12H,8-11H2,1H3,(H,21,25). The van der Waals surface area contributed by atoms with E-state index in [1.165, 1.54) is 0 Å². The summed E-state index contributed by atoms with van der Waals surface area (Å²) in [6.45, 7) is 3.44. The summed E-state index contributed by atoms with van der Waals surface area (Å²) in [6, 6.07) is 13.6. The minimum atomic E-state index is 0.488. The van der Waals surface area contributed by atoms with Crippen LogP contribution in [0.25, 0.3) is 0 Å². The van der Waals surface area contributed by atoms with Crippen molar-refractivity contribution in [3.05, 3.63) is 52.5 Å². The fourth-order valence-corrected chi connectivity index (χ4v) is 3.41. The Morgan fingerprint density at radius 1 is 1.08 bits per heavy atom. The molecule has 4 nitrogen and oxygen atoms in total. The molecule has 132 valence electrons. The summed E-state index contributed by atoms with van der Waals surface area (Å²) in [5, 5.41) is 4.86. The van der Waals surface area contributed by atoms with Gasteiger partial charge in [0, 0.05) is 37.9 Å². The maximum absolute atomic E-state index is 6.22. The predicted octanol–water partition coefficient (Wildman–Crippen LogP) is 4.52. The van der Waals surface area contributed by atoms with Crippen LogP contribution in [0.3, 0.4) is 0 Å². The van der Waals surface area contributed by atoms with Crippen LogP contribution in [-0.4, -0.2) is 43.3 Å². The Bertz CT molecular complexity index is 764. The molecular weight excluding hydrogens is 377 g/mol. The van der Waals surface area contributed by atoms with Gasteiger partial charge < -0.3 is 19.9 Å². The third-order valence-corrected chi connectivity index (χ3v) is 5.36. The van der Waals surface area contributed by atoms with Gasteiger partial charge in [0.1, 0.15) is 5.75 Å². The van der Waals surface area contributed by atoms with Gasteiger partial charge in [0.2, 0.25) is 0 Å². The van der Waals surface area contributed by atoms with Crippen LogP contribution in [0.1, 0.15) is 0 Å². The van der Waals surface area contributed by atoms with Gasteiger partial charge in [0.05, 0.1) is 22.8 Å². The molecule has 7 heteroatoms. The lowest BCUT2D eigenvalue weighted by atomic mass is 10.2. The van der Waals surface area contributed by atoms with Gasteiger partial charge in [-0.3, -0.25) is 0 Å². The molecule has 0 radical (unpaired) electrons. The monoisotopic (exact) mass is 395 g/mol. The molecule has 25 heavy (non-hydrogen) atoms. The van der Waals surface area contributed by atoms with Crippen LogP contribution in [0.15, 0.2) is 42.5 Å². The van der Waals surface area contributed by atoms with Crippen LogP contribution in [0.2, 0.25) is 10.0 Å². The number of hydrogen-bond donors (Lipinski definition) is 1. The third-order valence-electron chi connectivity index (χ3n) is 4.18. The Balaban J connectivity index is 1.60. The van der Waals surface area contributed by atoms with Crippen LogP contribution in [-0.2, 0) is 0 Å². The molecule has 1 N–H and O–H groups in total. The highest BCUT2D eigenvalue weighted by Crippen LogP contribution is 2.30. The molecule has 0 amide bonds. The Kier molecular flexibility index (Phi) is 5.89. The molecular formula is C18H19Cl2N3OS. The van der Waals surface area contributed by atoms with Crippen LogP contribution in [0.5, 0.6) is 5.75 Å². The quantitative estimate of drug-likeness (QED) is 0.771. The summed E-state index contributed by atoms with van der Waals surface area (Å²) < 4.78 is 5.30. The fourth-order valence-electron chi connectivity index (χ4n) is 2.77. The van der Waals surface area contributed by atoms with Crippen LogP contribution in [0.4, 0.5) is 11.4 Å². The van der Waals surface area contributed by atoms with Gasteiger partial charge in [-0.1, -0.05) is 35.3 Å². The van der Waals surface area contributed by atoms with Gasteiger partial charge in [-0.15, -0.1) is 0 Å². The second-order valence-corrected chi connectivity index (χ2v) is 6.88. The average Bonchev–Trinajstić information content (AvgIpc) is 2.65. The first kappa shape index (κ1) is 18.1. The maximum Gasteiger partial charge on any atom is 0.173 e. The van der Waals surface area contributed by atoms with E-state index in [1.54, 1.807) is 13.2 Å². The van der Waals surface area contributed by atoms with Gasteiger partial charge in [-0.2, -0.15) is 0 Å². The molecule has 0 saturated carbocycles. The van der Waals surface area contributed by atoms with Crippen molar-refractivity contribution in [2.45, 2.75) is 0 Å². The lowest BCUT2D eigenvalue weighted by molar-refractivity contribution is 0.389. The van der Waals surface area contributed by atoms with Crippen molar-refractivity contribution in [3.8, 4) is 5.75 Å². The van der Waals surface area contributed by atoms with Crippen molar-refractivity contribution in [3.63, 3.8) is 0 Å². The zero-order valence-corrected chi connectivity index (χ0v) is 16.2. The van der Waals surface area contributed by atoms with Crippen LogP contribution >= 0.6 is 35.4 Å². The van der Waals surface area contributed by atoms with Gasteiger partial charge in [-0.05, 0) is 36.5 Å². The second kappa shape index (κ2) is 8.13.